The standard InChI is InChI=1S/C15H20N4O/c16-10-13-8-4-5-9-19(13)11-14-17-15(18-20-14)12-6-2-1-3-7-12/h1-3,6-7,13H,4-5,8-11,16H2. The molecule has 0 saturated carbocycles. The van der Waals surface area contributed by atoms with Crippen molar-refractivity contribution in [1.82, 2.24) is 15.0 Å². The summed E-state index contributed by atoms with van der Waals surface area (Å²) < 4.78 is 5.37. The maximum absolute atomic E-state index is 5.84. The van der Waals surface area contributed by atoms with Crippen molar-refractivity contribution in [2.75, 3.05) is 13.1 Å². The van der Waals surface area contributed by atoms with Gasteiger partial charge in [0.1, 0.15) is 0 Å². The minimum Gasteiger partial charge on any atom is -0.338 e. The zero-order valence-corrected chi connectivity index (χ0v) is 11.5. The number of hydrogen-bond donors (Lipinski definition) is 1. The topological polar surface area (TPSA) is 68.2 Å². The average molecular weight is 272 g/mol. The summed E-state index contributed by atoms with van der Waals surface area (Å²) in [5.74, 6) is 1.33. The average Bonchev–Trinajstić information content (AvgIpc) is 2.97. The van der Waals surface area contributed by atoms with Gasteiger partial charge in [-0.05, 0) is 19.4 Å². The van der Waals surface area contributed by atoms with Crippen LogP contribution in [0.4, 0.5) is 0 Å². The van der Waals surface area contributed by atoms with Gasteiger partial charge in [-0.2, -0.15) is 4.98 Å². The smallest absolute Gasteiger partial charge is 0.241 e. The molecule has 2 aromatic rings. The van der Waals surface area contributed by atoms with Crippen LogP contribution in [-0.4, -0.2) is 34.2 Å². The van der Waals surface area contributed by atoms with E-state index in [9.17, 15) is 0 Å². The number of hydrogen-bond acceptors (Lipinski definition) is 5. The summed E-state index contributed by atoms with van der Waals surface area (Å²) in [6, 6.07) is 10.3. The lowest BCUT2D eigenvalue weighted by molar-refractivity contribution is 0.128. The van der Waals surface area contributed by atoms with Gasteiger partial charge in [0.15, 0.2) is 0 Å². The second kappa shape index (κ2) is 6.15. The van der Waals surface area contributed by atoms with Crippen LogP contribution in [-0.2, 0) is 6.54 Å². The van der Waals surface area contributed by atoms with Crippen molar-refractivity contribution in [3.05, 3.63) is 36.2 Å². The van der Waals surface area contributed by atoms with Gasteiger partial charge in [0, 0.05) is 18.2 Å². The lowest BCUT2D eigenvalue weighted by Gasteiger charge is -2.33. The highest BCUT2D eigenvalue weighted by Gasteiger charge is 2.23. The zero-order valence-electron chi connectivity index (χ0n) is 11.5. The molecule has 20 heavy (non-hydrogen) atoms. The van der Waals surface area contributed by atoms with Crippen LogP contribution in [0.15, 0.2) is 34.9 Å². The molecule has 1 atom stereocenters. The highest BCUT2D eigenvalue weighted by molar-refractivity contribution is 5.53. The van der Waals surface area contributed by atoms with Crippen molar-refractivity contribution in [2.45, 2.75) is 31.8 Å². The molecule has 1 aliphatic heterocycles. The zero-order chi connectivity index (χ0) is 13.8. The summed E-state index contributed by atoms with van der Waals surface area (Å²) >= 11 is 0. The molecule has 1 aliphatic rings. The van der Waals surface area contributed by atoms with E-state index in [0.29, 0.717) is 30.8 Å². The van der Waals surface area contributed by atoms with Crippen molar-refractivity contribution < 1.29 is 4.52 Å². The van der Waals surface area contributed by atoms with E-state index < -0.39 is 0 Å². The third kappa shape index (κ3) is 2.89. The third-order valence-electron chi connectivity index (χ3n) is 3.86. The number of rotatable bonds is 4. The van der Waals surface area contributed by atoms with Crippen molar-refractivity contribution in [2.24, 2.45) is 5.73 Å². The SMILES string of the molecule is NCC1CCCCN1Cc1nc(-c2ccccc2)no1. The van der Waals surface area contributed by atoms with Gasteiger partial charge in [0.2, 0.25) is 11.7 Å². The van der Waals surface area contributed by atoms with Crippen molar-refractivity contribution in [3.63, 3.8) is 0 Å². The van der Waals surface area contributed by atoms with Gasteiger partial charge in [-0.3, -0.25) is 4.90 Å². The van der Waals surface area contributed by atoms with Crippen molar-refractivity contribution in [3.8, 4) is 11.4 Å². The summed E-state index contributed by atoms with van der Waals surface area (Å²) in [5.41, 5.74) is 6.82. The molecule has 1 saturated heterocycles. The molecule has 0 bridgehead atoms. The van der Waals surface area contributed by atoms with E-state index in [1.165, 1.54) is 12.8 Å². The Morgan fingerprint density at radius 3 is 2.90 bits per heavy atom. The first-order valence-corrected chi connectivity index (χ1v) is 7.19. The second-order valence-corrected chi connectivity index (χ2v) is 5.23. The molecule has 1 fully saturated rings. The van der Waals surface area contributed by atoms with Crippen molar-refractivity contribution in [1.29, 1.82) is 0 Å². The van der Waals surface area contributed by atoms with Crippen LogP contribution >= 0.6 is 0 Å². The third-order valence-corrected chi connectivity index (χ3v) is 3.86. The molecule has 0 spiro atoms. The van der Waals surface area contributed by atoms with E-state index in [-0.39, 0.29) is 0 Å². The molecule has 5 heteroatoms. The normalized spacial score (nSPS) is 20.1. The van der Waals surface area contributed by atoms with E-state index in [1.54, 1.807) is 0 Å². The Kier molecular flexibility index (Phi) is 4.08. The lowest BCUT2D eigenvalue weighted by atomic mass is 10.0. The minimum atomic E-state index is 0.441. The van der Waals surface area contributed by atoms with Crippen molar-refractivity contribution >= 4 is 0 Å². The fourth-order valence-corrected chi connectivity index (χ4v) is 2.73. The predicted molar refractivity (Wildman–Crippen MR) is 76.8 cm³/mol. The fraction of sp³-hybridized carbons (Fsp3) is 0.467. The van der Waals surface area contributed by atoms with E-state index in [0.717, 1.165) is 18.5 Å². The Hall–Kier alpha value is -1.72. The van der Waals surface area contributed by atoms with Gasteiger partial charge >= 0.3 is 0 Å². The Labute approximate surface area is 118 Å². The van der Waals surface area contributed by atoms with Gasteiger partial charge in [-0.1, -0.05) is 41.9 Å². The highest BCUT2D eigenvalue weighted by Crippen LogP contribution is 2.20. The highest BCUT2D eigenvalue weighted by atomic mass is 16.5. The maximum Gasteiger partial charge on any atom is 0.241 e. The monoisotopic (exact) mass is 272 g/mol. The predicted octanol–water partition coefficient (Wildman–Crippen LogP) is 2.05. The van der Waals surface area contributed by atoms with Crippen LogP contribution in [0.5, 0.6) is 0 Å². The fourth-order valence-electron chi connectivity index (χ4n) is 2.73. The van der Waals surface area contributed by atoms with Crippen LogP contribution in [0.3, 0.4) is 0 Å². The Morgan fingerprint density at radius 2 is 2.10 bits per heavy atom. The first kappa shape index (κ1) is 13.3. The Morgan fingerprint density at radius 1 is 1.25 bits per heavy atom. The summed E-state index contributed by atoms with van der Waals surface area (Å²) in [4.78, 5) is 6.84. The van der Waals surface area contributed by atoms with E-state index in [4.69, 9.17) is 10.3 Å². The van der Waals surface area contributed by atoms with E-state index in [2.05, 4.69) is 15.0 Å². The lowest BCUT2D eigenvalue weighted by Crippen LogP contribution is -2.43. The van der Waals surface area contributed by atoms with E-state index >= 15 is 0 Å². The van der Waals surface area contributed by atoms with E-state index in [1.807, 2.05) is 30.3 Å². The number of nitrogens with two attached hydrogens (primary N) is 1. The minimum absolute atomic E-state index is 0.441. The van der Waals surface area contributed by atoms with Gasteiger partial charge in [-0.15, -0.1) is 0 Å². The quantitative estimate of drug-likeness (QED) is 0.922. The molecular weight excluding hydrogens is 252 g/mol. The molecule has 1 unspecified atom stereocenters. The van der Waals surface area contributed by atoms with Crippen LogP contribution in [0.2, 0.25) is 0 Å². The number of aromatic nitrogens is 2. The van der Waals surface area contributed by atoms with Gasteiger partial charge in [-0.25, -0.2) is 0 Å². The van der Waals surface area contributed by atoms with Gasteiger partial charge in [0.25, 0.3) is 0 Å². The molecule has 0 amide bonds. The summed E-state index contributed by atoms with van der Waals surface area (Å²) in [6.07, 6.45) is 3.64. The molecule has 1 aromatic carbocycles. The Bertz CT molecular complexity index is 540. The molecule has 1 aromatic heterocycles. The molecule has 106 valence electrons. The van der Waals surface area contributed by atoms with Crippen LogP contribution in [0.1, 0.15) is 25.2 Å². The first-order valence-electron chi connectivity index (χ1n) is 7.19. The molecule has 2 heterocycles. The molecule has 3 rings (SSSR count). The molecule has 0 radical (unpaired) electrons. The second-order valence-electron chi connectivity index (χ2n) is 5.23. The Balaban J connectivity index is 1.71. The summed E-state index contributed by atoms with van der Waals surface area (Å²) in [6.45, 7) is 2.45. The molecular formula is C15H20N4O. The van der Waals surface area contributed by atoms with Crippen LogP contribution in [0, 0.1) is 0 Å². The molecule has 0 aliphatic carbocycles. The maximum atomic E-state index is 5.84. The molecule has 5 nitrogen and oxygen atoms in total. The molecule has 2 N–H and O–H groups in total. The first-order chi connectivity index (χ1) is 9.86. The van der Waals surface area contributed by atoms with Gasteiger partial charge < -0.3 is 10.3 Å². The van der Waals surface area contributed by atoms with Gasteiger partial charge in [0.05, 0.1) is 6.54 Å². The number of piperidine rings is 1. The summed E-state index contributed by atoms with van der Waals surface area (Å²) in [5, 5.41) is 4.06. The number of benzene rings is 1. The largest absolute Gasteiger partial charge is 0.338 e. The number of likely N-dealkylation sites (tertiary alicyclic amines) is 1. The van der Waals surface area contributed by atoms with Crippen LogP contribution < -0.4 is 5.73 Å². The number of nitrogens with zero attached hydrogens (tertiary/aromatic N) is 3. The van der Waals surface area contributed by atoms with Crippen LogP contribution in [0.25, 0.3) is 11.4 Å². The summed E-state index contributed by atoms with van der Waals surface area (Å²) in [7, 11) is 0.